The molecule has 0 amide bonds. The van der Waals surface area contributed by atoms with E-state index in [1.807, 2.05) is 12.1 Å². The lowest BCUT2D eigenvalue weighted by molar-refractivity contribution is 0.121. The van der Waals surface area contributed by atoms with Crippen LogP contribution in [0, 0.1) is 0 Å². The Balaban J connectivity index is 2.35. The SMILES string of the molecule is CC(C(c1ccccc1)c1ccccc1)N(CCO)CCO. The molecule has 0 aliphatic carbocycles. The summed E-state index contributed by atoms with van der Waals surface area (Å²) in [6.07, 6.45) is 0. The molecular formula is C19H25NO2. The number of nitrogens with zero attached hydrogens (tertiary/aromatic N) is 1. The van der Waals surface area contributed by atoms with E-state index in [-0.39, 0.29) is 25.2 Å². The van der Waals surface area contributed by atoms with Gasteiger partial charge in [0.1, 0.15) is 0 Å². The first-order valence-electron chi connectivity index (χ1n) is 7.83. The van der Waals surface area contributed by atoms with Crippen molar-refractivity contribution in [3.05, 3.63) is 71.8 Å². The Morgan fingerprint density at radius 2 is 1.18 bits per heavy atom. The molecule has 2 aromatic rings. The first-order valence-corrected chi connectivity index (χ1v) is 7.83. The van der Waals surface area contributed by atoms with Crippen LogP contribution in [0.1, 0.15) is 24.0 Å². The molecule has 0 heterocycles. The Labute approximate surface area is 132 Å². The highest BCUT2D eigenvalue weighted by Gasteiger charge is 2.25. The minimum atomic E-state index is 0.0979. The molecule has 0 bridgehead atoms. The van der Waals surface area contributed by atoms with Gasteiger partial charge in [-0.2, -0.15) is 0 Å². The fraction of sp³-hybridized carbons (Fsp3) is 0.368. The van der Waals surface area contributed by atoms with E-state index in [0.717, 1.165) is 0 Å². The summed E-state index contributed by atoms with van der Waals surface area (Å²) in [6, 6.07) is 21.0. The van der Waals surface area contributed by atoms with Crippen molar-refractivity contribution >= 4 is 0 Å². The Morgan fingerprint density at radius 1 is 0.773 bits per heavy atom. The lowest BCUT2D eigenvalue weighted by atomic mass is 9.85. The van der Waals surface area contributed by atoms with Gasteiger partial charge in [0.2, 0.25) is 0 Å². The van der Waals surface area contributed by atoms with Crippen molar-refractivity contribution < 1.29 is 10.2 Å². The molecule has 0 radical (unpaired) electrons. The molecule has 3 nitrogen and oxygen atoms in total. The van der Waals surface area contributed by atoms with Gasteiger partial charge in [0, 0.05) is 25.0 Å². The Morgan fingerprint density at radius 3 is 1.55 bits per heavy atom. The van der Waals surface area contributed by atoms with Crippen molar-refractivity contribution in [2.24, 2.45) is 0 Å². The Hall–Kier alpha value is -1.68. The van der Waals surface area contributed by atoms with Crippen LogP contribution < -0.4 is 0 Å². The maximum atomic E-state index is 9.31. The van der Waals surface area contributed by atoms with E-state index in [0.29, 0.717) is 13.1 Å². The van der Waals surface area contributed by atoms with Crippen LogP contribution in [-0.2, 0) is 0 Å². The zero-order valence-corrected chi connectivity index (χ0v) is 13.1. The molecule has 2 aromatic carbocycles. The molecule has 2 N–H and O–H groups in total. The van der Waals surface area contributed by atoms with Gasteiger partial charge in [-0.1, -0.05) is 60.7 Å². The number of hydrogen-bond acceptors (Lipinski definition) is 3. The second-order valence-corrected chi connectivity index (χ2v) is 5.52. The third kappa shape index (κ3) is 4.17. The smallest absolute Gasteiger partial charge is 0.0558 e. The molecule has 0 aromatic heterocycles. The molecule has 0 saturated carbocycles. The average Bonchev–Trinajstić information content (AvgIpc) is 2.57. The number of aliphatic hydroxyl groups excluding tert-OH is 2. The van der Waals surface area contributed by atoms with Crippen LogP contribution in [0.2, 0.25) is 0 Å². The predicted octanol–water partition coefficient (Wildman–Crippen LogP) is 2.49. The summed E-state index contributed by atoms with van der Waals surface area (Å²) < 4.78 is 0. The topological polar surface area (TPSA) is 43.7 Å². The van der Waals surface area contributed by atoms with Gasteiger partial charge >= 0.3 is 0 Å². The minimum Gasteiger partial charge on any atom is -0.395 e. The van der Waals surface area contributed by atoms with Crippen molar-refractivity contribution in [2.45, 2.75) is 18.9 Å². The third-order valence-electron chi connectivity index (χ3n) is 4.15. The number of aliphatic hydroxyl groups is 2. The standard InChI is InChI=1S/C19H25NO2/c1-16(20(12-14-21)13-15-22)19(17-8-4-2-5-9-17)18-10-6-3-7-11-18/h2-11,16,19,21-22H,12-15H2,1H3. The molecule has 1 atom stereocenters. The Kier molecular flexibility index (Phi) is 6.59. The first kappa shape index (κ1) is 16.7. The molecule has 0 spiro atoms. The second kappa shape index (κ2) is 8.69. The zero-order valence-electron chi connectivity index (χ0n) is 13.1. The fourth-order valence-corrected chi connectivity index (χ4v) is 3.06. The maximum Gasteiger partial charge on any atom is 0.0558 e. The van der Waals surface area contributed by atoms with Crippen LogP contribution >= 0.6 is 0 Å². The Bertz CT molecular complexity index is 484. The summed E-state index contributed by atoms with van der Waals surface area (Å²) in [5.74, 6) is 0.209. The van der Waals surface area contributed by atoms with E-state index in [9.17, 15) is 10.2 Å². The van der Waals surface area contributed by atoms with Gasteiger partial charge in [-0.05, 0) is 18.1 Å². The summed E-state index contributed by atoms with van der Waals surface area (Å²) in [5.41, 5.74) is 2.50. The van der Waals surface area contributed by atoms with E-state index in [1.165, 1.54) is 11.1 Å². The van der Waals surface area contributed by atoms with Gasteiger partial charge < -0.3 is 10.2 Å². The molecule has 22 heavy (non-hydrogen) atoms. The zero-order chi connectivity index (χ0) is 15.8. The van der Waals surface area contributed by atoms with Gasteiger partial charge in [0.15, 0.2) is 0 Å². The summed E-state index contributed by atoms with van der Waals surface area (Å²) in [5, 5.41) is 18.6. The molecule has 0 aliphatic rings. The van der Waals surface area contributed by atoms with Gasteiger partial charge in [0.05, 0.1) is 13.2 Å². The van der Waals surface area contributed by atoms with Crippen molar-refractivity contribution in [3.63, 3.8) is 0 Å². The highest BCUT2D eigenvalue weighted by atomic mass is 16.3. The summed E-state index contributed by atoms with van der Waals surface area (Å²) >= 11 is 0. The van der Waals surface area contributed by atoms with Crippen LogP contribution in [0.5, 0.6) is 0 Å². The van der Waals surface area contributed by atoms with Crippen LogP contribution in [0.3, 0.4) is 0 Å². The highest BCUT2D eigenvalue weighted by Crippen LogP contribution is 2.30. The molecule has 1 unspecified atom stereocenters. The number of rotatable bonds is 8. The molecule has 0 fully saturated rings. The third-order valence-corrected chi connectivity index (χ3v) is 4.15. The average molecular weight is 299 g/mol. The van der Waals surface area contributed by atoms with Crippen LogP contribution in [0.15, 0.2) is 60.7 Å². The van der Waals surface area contributed by atoms with Gasteiger partial charge in [0.25, 0.3) is 0 Å². The van der Waals surface area contributed by atoms with Crippen molar-refractivity contribution in [2.75, 3.05) is 26.3 Å². The van der Waals surface area contributed by atoms with E-state index in [1.54, 1.807) is 0 Å². The normalized spacial score (nSPS) is 12.8. The molecule has 0 saturated heterocycles. The highest BCUT2D eigenvalue weighted by molar-refractivity contribution is 5.34. The van der Waals surface area contributed by atoms with Gasteiger partial charge in [-0.25, -0.2) is 0 Å². The molecule has 118 valence electrons. The molecule has 2 rings (SSSR count). The van der Waals surface area contributed by atoms with E-state index in [2.05, 4.69) is 60.4 Å². The summed E-state index contributed by atoms with van der Waals surface area (Å²) in [7, 11) is 0. The number of hydrogen-bond donors (Lipinski definition) is 2. The second-order valence-electron chi connectivity index (χ2n) is 5.52. The van der Waals surface area contributed by atoms with E-state index >= 15 is 0 Å². The van der Waals surface area contributed by atoms with E-state index < -0.39 is 0 Å². The monoisotopic (exact) mass is 299 g/mol. The fourth-order valence-electron chi connectivity index (χ4n) is 3.06. The lowest BCUT2D eigenvalue weighted by Gasteiger charge is -2.34. The quantitative estimate of drug-likeness (QED) is 0.787. The van der Waals surface area contributed by atoms with Crippen molar-refractivity contribution in [3.8, 4) is 0 Å². The van der Waals surface area contributed by atoms with Crippen LogP contribution in [0.25, 0.3) is 0 Å². The first-order chi connectivity index (χ1) is 10.8. The van der Waals surface area contributed by atoms with Crippen molar-refractivity contribution in [1.82, 2.24) is 4.90 Å². The minimum absolute atomic E-state index is 0.0979. The van der Waals surface area contributed by atoms with Crippen LogP contribution in [0.4, 0.5) is 0 Å². The lowest BCUT2D eigenvalue weighted by Crippen LogP contribution is -2.41. The maximum absolute atomic E-state index is 9.31. The van der Waals surface area contributed by atoms with Crippen molar-refractivity contribution in [1.29, 1.82) is 0 Å². The van der Waals surface area contributed by atoms with Crippen LogP contribution in [-0.4, -0.2) is 47.5 Å². The number of benzene rings is 2. The largest absolute Gasteiger partial charge is 0.395 e. The molecule has 3 heteroatoms. The van der Waals surface area contributed by atoms with Gasteiger partial charge in [-0.3, -0.25) is 4.90 Å². The molecule has 0 aliphatic heterocycles. The molecular weight excluding hydrogens is 274 g/mol. The predicted molar refractivity (Wildman–Crippen MR) is 89.9 cm³/mol. The van der Waals surface area contributed by atoms with E-state index in [4.69, 9.17) is 0 Å². The summed E-state index contributed by atoms with van der Waals surface area (Å²) in [4.78, 5) is 2.14. The summed E-state index contributed by atoms with van der Waals surface area (Å²) in [6.45, 7) is 3.49. The van der Waals surface area contributed by atoms with Gasteiger partial charge in [-0.15, -0.1) is 0 Å².